The van der Waals surface area contributed by atoms with Crippen molar-refractivity contribution in [2.75, 3.05) is 7.05 Å². The van der Waals surface area contributed by atoms with Crippen LogP contribution in [-0.4, -0.2) is 44.6 Å². The number of carbonyl (C=O) groups is 2. The first-order chi connectivity index (χ1) is 12.4. The number of nitrogens with zero attached hydrogens (tertiary/aromatic N) is 3. The zero-order valence-corrected chi connectivity index (χ0v) is 15.1. The highest BCUT2D eigenvalue weighted by Crippen LogP contribution is 2.41. The quantitative estimate of drug-likeness (QED) is 0.902. The summed E-state index contributed by atoms with van der Waals surface area (Å²) in [6, 6.07) is 1.81. The number of aromatic nitrogens is 2. The molecule has 1 amide bonds. The molecule has 2 aromatic heterocycles. The van der Waals surface area contributed by atoms with Gasteiger partial charge in [-0.15, -0.1) is 0 Å². The van der Waals surface area contributed by atoms with Crippen LogP contribution in [0.1, 0.15) is 72.6 Å². The highest BCUT2D eigenvalue weighted by atomic mass is 16.5. The van der Waals surface area contributed by atoms with E-state index in [0.717, 1.165) is 37.8 Å². The van der Waals surface area contributed by atoms with Crippen LogP contribution in [0.25, 0.3) is 11.1 Å². The van der Waals surface area contributed by atoms with Gasteiger partial charge in [0.1, 0.15) is 5.54 Å². The minimum atomic E-state index is -1.14. The Morgan fingerprint density at radius 2 is 1.96 bits per heavy atom. The molecule has 0 spiro atoms. The molecular formula is C19H23N3O4. The molecule has 0 atom stereocenters. The first kappa shape index (κ1) is 17.0. The van der Waals surface area contributed by atoms with Crippen LogP contribution in [0.4, 0.5) is 0 Å². The van der Waals surface area contributed by atoms with E-state index in [-0.39, 0.29) is 5.91 Å². The van der Waals surface area contributed by atoms with E-state index in [1.54, 1.807) is 20.0 Å². The molecule has 0 unspecified atom stereocenters. The Balaban J connectivity index is 1.79. The van der Waals surface area contributed by atoms with Gasteiger partial charge in [-0.3, -0.25) is 4.79 Å². The molecule has 2 aromatic rings. The van der Waals surface area contributed by atoms with E-state index in [2.05, 4.69) is 10.1 Å². The number of hydrogen-bond donors (Lipinski definition) is 1. The van der Waals surface area contributed by atoms with E-state index >= 15 is 0 Å². The number of aliphatic carboxylic acids is 1. The van der Waals surface area contributed by atoms with Gasteiger partial charge in [0, 0.05) is 18.7 Å². The number of likely N-dealkylation sites (N-methyl/N-ethyl adjacent to an activating group) is 1. The Hall–Kier alpha value is -2.44. The van der Waals surface area contributed by atoms with Crippen molar-refractivity contribution in [3.8, 4) is 0 Å². The molecule has 0 bridgehead atoms. The van der Waals surface area contributed by atoms with Gasteiger partial charge in [0.05, 0.1) is 16.6 Å². The van der Waals surface area contributed by atoms with Crippen LogP contribution in [0.2, 0.25) is 0 Å². The predicted octanol–water partition coefficient (Wildman–Crippen LogP) is 3.27. The zero-order valence-electron chi connectivity index (χ0n) is 15.1. The molecule has 2 aliphatic rings. The molecule has 7 heteroatoms. The Morgan fingerprint density at radius 3 is 2.58 bits per heavy atom. The van der Waals surface area contributed by atoms with Crippen molar-refractivity contribution in [2.45, 2.75) is 63.3 Å². The number of carbonyl (C=O) groups excluding carboxylic acids is 1. The van der Waals surface area contributed by atoms with E-state index in [9.17, 15) is 14.7 Å². The average Bonchev–Trinajstić information content (AvgIpc) is 3.44. The van der Waals surface area contributed by atoms with Crippen molar-refractivity contribution < 1.29 is 19.2 Å². The first-order valence-electron chi connectivity index (χ1n) is 9.22. The largest absolute Gasteiger partial charge is 0.479 e. The molecule has 0 radical (unpaired) electrons. The molecule has 7 nitrogen and oxygen atoms in total. The second-order valence-corrected chi connectivity index (χ2v) is 7.58. The highest BCUT2D eigenvalue weighted by molar-refractivity contribution is 6.07. The number of fused-ring (bicyclic) bond motifs is 1. The third-order valence-corrected chi connectivity index (χ3v) is 5.89. The standard InChI is InChI=1S/C19H23N3O4/c1-11-15-13(10-14(12-6-7-12)20-16(15)26-21-11)17(23)22(2)19(18(24)25)8-4-3-5-9-19/h10,12H,3-9H2,1-2H3,(H,24,25). The van der Waals surface area contributed by atoms with Crippen LogP contribution >= 0.6 is 0 Å². The van der Waals surface area contributed by atoms with Gasteiger partial charge < -0.3 is 14.5 Å². The summed E-state index contributed by atoms with van der Waals surface area (Å²) >= 11 is 0. The lowest BCUT2D eigenvalue weighted by Crippen LogP contribution is -2.56. The molecule has 0 aliphatic heterocycles. The van der Waals surface area contributed by atoms with Crippen molar-refractivity contribution in [2.24, 2.45) is 0 Å². The number of amides is 1. The summed E-state index contributed by atoms with van der Waals surface area (Å²) in [7, 11) is 1.60. The second-order valence-electron chi connectivity index (χ2n) is 7.58. The van der Waals surface area contributed by atoms with E-state index in [1.165, 1.54) is 4.90 Å². The maximum absolute atomic E-state index is 13.4. The van der Waals surface area contributed by atoms with Gasteiger partial charge in [-0.1, -0.05) is 24.4 Å². The summed E-state index contributed by atoms with van der Waals surface area (Å²) in [6.07, 6.45) is 5.70. The second kappa shape index (κ2) is 6.07. The summed E-state index contributed by atoms with van der Waals surface area (Å²) in [5, 5.41) is 14.4. The van der Waals surface area contributed by atoms with Crippen LogP contribution in [0.15, 0.2) is 10.6 Å². The molecule has 4 rings (SSSR count). The van der Waals surface area contributed by atoms with Gasteiger partial charge in [0.2, 0.25) is 0 Å². The Morgan fingerprint density at radius 1 is 1.27 bits per heavy atom. The molecule has 2 heterocycles. The number of pyridine rings is 1. The summed E-state index contributed by atoms with van der Waals surface area (Å²) < 4.78 is 5.31. The van der Waals surface area contributed by atoms with Crippen molar-refractivity contribution in [3.63, 3.8) is 0 Å². The molecule has 0 aromatic carbocycles. The maximum Gasteiger partial charge on any atom is 0.329 e. The van der Waals surface area contributed by atoms with Gasteiger partial charge in [-0.05, 0) is 38.7 Å². The minimum absolute atomic E-state index is 0.296. The highest BCUT2D eigenvalue weighted by Gasteiger charge is 2.46. The van der Waals surface area contributed by atoms with Crippen LogP contribution < -0.4 is 0 Å². The monoisotopic (exact) mass is 357 g/mol. The van der Waals surface area contributed by atoms with E-state index in [0.29, 0.717) is 41.1 Å². The summed E-state index contributed by atoms with van der Waals surface area (Å²) in [5.74, 6) is -0.873. The number of aryl methyl sites for hydroxylation is 1. The van der Waals surface area contributed by atoms with Crippen LogP contribution in [0, 0.1) is 6.92 Å². The predicted molar refractivity (Wildman–Crippen MR) is 94.1 cm³/mol. The fourth-order valence-corrected chi connectivity index (χ4v) is 4.08. The van der Waals surface area contributed by atoms with Gasteiger partial charge >= 0.3 is 5.97 Å². The fraction of sp³-hybridized carbons (Fsp3) is 0.579. The van der Waals surface area contributed by atoms with E-state index in [4.69, 9.17) is 4.52 Å². The summed E-state index contributed by atoms with van der Waals surface area (Å²) in [6.45, 7) is 1.77. The third kappa shape index (κ3) is 2.57. The van der Waals surface area contributed by atoms with Crippen molar-refractivity contribution in [3.05, 3.63) is 23.0 Å². The Labute approximate surface area is 151 Å². The number of carboxylic acid groups (broad SMARTS) is 1. The summed E-state index contributed by atoms with van der Waals surface area (Å²) in [5.41, 5.74) is 1.09. The fourth-order valence-electron chi connectivity index (χ4n) is 4.08. The lowest BCUT2D eigenvalue weighted by Gasteiger charge is -2.41. The topological polar surface area (TPSA) is 96.5 Å². The zero-order chi connectivity index (χ0) is 18.5. The minimum Gasteiger partial charge on any atom is -0.479 e. The van der Waals surface area contributed by atoms with Crippen LogP contribution in [0.3, 0.4) is 0 Å². The van der Waals surface area contributed by atoms with Gasteiger partial charge in [0.15, 0.2) is 0 Å². The lowest BCUT2D eigenvalue weighted by molar-refractivity contribution is -0.151. The molecule has 1 N–H and O–H groups in total. The molecular weight excluding hydrogens is 334 g/mol. The van der Waals surface area contributed by atoms with Gasteiger partial charge in [0.25, 0.3) is 11.6 Å². The van der Waals surface area contributed by atoms with Crippen molar-refractivity contribution in [1.29, 1.82) is 0 Å². The number of hydrogen-bond acceptors (Lipinski definition) is 5. The molecule has 2 fully saturated rings. The molecule has 138 valence electrons. The Kier molecular flexibility index (Phi) is 3.97. The first-order valence-corrected chi connectivity index (χ1v) is 9.22. The van der Waals surface area contributed by atoms with Crippen molar-refractivity contribution in [1.82, 2.24) is 15.0 Å². The molecule has 26 heavy (non-hydrogen) atoms. The van der Waals surface area contributed by atoms with Gasteiger partial charge in [-0.2, -0.15) is 0 Å². The lowest BCUT2D eigenvalue weighted by atomic mass is 9.80. The smallest absolute Gasteiger partial charge is 0.329 e. The molecule has 2 aliphatic carbocycles. The van der Waals surface area contributed by atoms with E-state index < -0.39 is 11.5 Å². The Bertz CT molecular complexity index is 878. The van der Waals surface area contributed by atoms with Crippen LogP contribution in [0.5, 0.6) is 0 Å². The summed E-state index contributed by atoms with van der Waals surface area (Å²) in [4.78, 5) is 31.4. The maximum atomic E-state index is 13.4. The number of rotatable bonds is 4. The van der Waals surface area contributed by atoms with Crippen LogP contribution in [-0.2, 0) is 4.79 Å². The SMILES string of the molecule is Cc1noc2nc(C3CC3)cc(C(=O)N(C)C3(C(=O)O)CCCCC3)c12. The number of carboxylic acids is 1. The van der Waals surface area contributed by atoms with Crippen molar-refractivity contribution >= 4 is 23.0 Å². The molecule has 2 saturated carbocycles. The normalized spacial score (nSPS) is 19.5. The van der Waals surface area contributed by atoms with Gasteiger partial charge in [-0.25, -0.2) is 9.78 Å². The molecule has 0 saturated heterocycles. The average molecular weight is 357 g/mol. The van der Waals surface area contributed by atoms with E-state index in [1.807, 2.05) is 0 Å². The third-order valence-electron chi connectivity index (χ3n) is 5.89.